The summed E-state index contributed by atoms with van der Waals surface area (Å²) < 4.78 is 22.2. The number of aromatic nitrogens is 2. The number of rotatable bonds is 6. The molecule has 0 fully saturated rings. The van der Waals surface area contributed by atoms with Crippen molar-refractivity contribution in [3.63, 3.8) is 0 Å². The summed E-state index contributed by atoms with van der Waals surface area (Å²) in [7, 11) is 0. The van der Waals surface area contributed by atoms with Gasteiger partial charge < -0.3 is 10.1 Å². The third-order valence-electron chi connectivity index (χ3n) is 5.80. The van der Waals surface area contributed by atoms with E-state index in [1.165, 1.54) is 13.0 Å². The Morgan fingerprint density at radius 2 is 1.71 bits per heavy atom. The summed E-state index contributed by atoms with van der Waals surface area (Å²) in [6.07, 6.45) is 0.360. The van der Waals surface area contributed by atoms with Gasteiger partial charge in [-0.25, -0.2) is 4.39 Å². The van der Waals surface area contributed by atoms with Crippen molar-refractivity contribution >= 4 is 17.6 Å². The molecule has 0 aliphatic heterocycles. The average Bonchev–Trinajstić information content (AvgIpc) is 3.19. The summed E-state index contributed by atoms with van der Waals surface area (Å²) in [5, 5.41) is 7.57. The molecule has 0 saturated heterocycles. The molecule has 4 aromatic rings. The first-order valence-electron chi connectivity index (χ1n) is 11.3. The van der Waals surface area contributed by atoms with E-state index in [0.717, 1.165) is 16.8 Å². The Bertz CT molecular complexity index is 1410. The second-order valence-corrected chi connectivity index (χ2v) is 8.21. The molecule has 1 N–H and O–H groups in total. The molecule has 0 spiro atoms. The van der Waals surface area contributed by atoms with E-state index in [1.54, 1.807) is 54.1 Å². The normalized spacial score (nSPS) is 10.8. The van der Waals surface area contributed by atoms with Crippen molar-refractivity contribution in [2.45, 2.75) is 34.1 Å². The van der Waals surface area contributed by atoms with Crippen LogP contribution in [0.3, 0.4) is 0 Å². The molecule has 3 aromatic carbocycles. The van der Waals surface area contributed by atoms with Crippen LogP contribution in [-0.4, -0.2) is 21.7 Å². The lowest BCUT2D eigenvalue weighted by molar-refractivity contribution is -0.132. The minimum absolute atomic E-state index is 0.104. The quantitative estimate of drug-likeness (QED) is 0.338. The maximum absolute atomic E-state index is 15.0. The van der Waals surface area contributed by atoms with Gasteiger partial charge in [-0.3, -0.25) is 9.59 Å². The number of esters is 1. The number of amides is 1. The monoisotopic (exact) mass is 471 g/mol. The first-order valence-corrected chi connectivity index (χ1v) is 11.3. The van der Waals surface area contributed by atoms with Gasteiger partial charge in [0.2, 0.25) is 11.8 Å². The molecule has 1 heterocycles. The van der Waals surface area contributed by atoms with Crippen LogP contribution in [0.5, 0.6) is 5.88 Å². The molecule has 178 valence electrons. The second kappa shape index (κ2) is 9.93. The highest BCUT2D eigenvalue weighted by Gasteiger charge is 2.26. The van der Waals surface area contributed by atoms with Crippen LogP contribution in [-0.2, 0) is 9.59 Å². The third-order valence-corrected chi connectivity index (χ3v) is 5.80. The van der Waals surface area contributed by atoms with Gasteiger partial charge >= 0.3 is 5.97 Å². The molecule has 0 aliphatic rings. The molecule has 7 heteroatoms. The minimum Gasteiger partial charge on any atom is -0.407 e. The summed E-state index contributed by atoms with van der Waals surface area (Å²) in [6.45, 7) is 7.03. The lowest BCUT2D eigenvalue weighted by Gasteiger charge is -2.13. The van der Waals surface area contributed by atoms with Crippen molar-refractivity contribution < 1.29 is 18.7 Å². The lowest BCUT2D eigenvalue weighted by Crippen LogP contribution is -2.09. The zero-order chi connectivity index (χ0) is 25.1. The molecular weight excluding hydrogens is 445 g/mol. The Hall–Kier alpha value is -4.26. The Labute approximate surface area is 203 Å². The molecular formula is C28H26FN3O3. The third kappa shape index (κ3) is 4.84. The predicted octanol–water partition coefficient (Wildman–Crippen LogP) is 6.24. The van der Waals surface area contributed by atoms with Gasteiger partial charge in [-0.1, -0.05) is 43.3 Å². The van der Waals surface area contributed by atoms with Gasteiger partial charge in [-0.15, -0.1) is 0 Å². The number of nitrogens with one attached hydrogen (secondary N) is 1. The van der Waals surface area contributed by atoms with Gasteiger partial charge in [0.25, 0.3) is 0 Å². The minimum atomic E-state index is -0.524. The number of hydrogen-bond donors (Lipinski definition) is 1. The number of nitrogens with zero attached hydrogens (tertiary/aromatic N) is 2. The summed E-state index contributed by atoms with van der Waals surface area (Å²) >= 11 is 0. The molecule has 0 aliphatic carbocycles. The summed E-state index contributed by atoms with van der Waals surface area (Å²) in [4.78, 5) is 24.0. The molecule has 0 radical (unpaired) electrons. The van der Waals surface area contributed by atoms with Crippen molar-refractivity contribution in [1.82, 2.24) is 9.78 Å². The molecule has 1 aromatic heterocycles. The van der Waals surface area contributed by atoms with E-state index in [4.69, 9.17) is 9.84 Å². The highest BCUT2D eigenvalue weighted by molar-refractivity contribution is 5.92. The van der Waals surface area contributed by atoms with Gasteiger partial charge in [0.05, 0.1) is 11.3 Å². The number of carbonyl (C=O) groups excluding carboxylic acids is 2. The average molecular weight is 472 g/mol. The van der Waals surface area contributed by atoms with Gasteiger partial charge in [0, 0.05) is 24.6 Å². The highest BCUT2D eigenvalue weighted by Crippen LogP contribution is 2.42. The van der Waals surface area contributed by atoms with Crippen LogP contribution in [0, 0.1) is 19.7 Å². The SMILES string of the molecule is CCC(=O)Nc1ccc(-c2c(-c3ccccc3F)nn(-c3cccc(C)c3C)c2OC(C)=O)cc1. The van der Waals surface area contributed by atoms with Crippen LogP contribution in [0.1, 0.15) is 31.4 Å². The fourth-order valence-electron chi connectivity index (χ4n) is 3.83. The van der Waals surface area contributed by atoms with Crippen LogP contribution in [0.2, 0.25) is 0 Å². The van der Waals surface area contributed by atoms with E-state index in [1.807, 2.05) is 32.0 Å². The molecule has 35 heavy (non-hydrogen) atoms. The number of carbonyl (C=O) groups is 2. The first-order chi connectivity index (χ1) is 16.8. The maximum Gasteiger partial charge on any atom is 0.309 e. The number of anilines is 1. The van der Waals surface area contributed by atoms with Crippen molar-refractivity contribution in [3.05, 3.63) is 83.7 Å². The van der Waals surface area contributed by atoms with Gasteiger partial charge in [-0.05, 0) is 60.9 Å². The van der Waals surface area contributed by atoms with Crippen LogP contribution in [0.4, 0.5) is 10.1 Å². The van der Waals surface area contributed by atoms with Gasteiger partial charge in [-0.2, -0.15) is 9.78 Å². The van der Waals surface area contributed by atoms with Crippen LogP contribution in [0.25, 0.3) is 28.1 Å². The van der Waals surface area contributed by atoms with E-state index < -0.39 is 11.8 Å². The number of hydrogen-bond acceptors (Lipinski definition) is 4. The van der Waals surface area contributed by atoms with Crippen LogP contribution < -0.4 is 10.1 Å². The Morgan fingerprint density at radius 3 is 2.37 bits per heavy atom. The number of ether oxygens (including phenoxy) is 1. The van der Waals surface area contributed by atoms with Gasteiger partial charge in [0.15, 0.2) is 0 Å². The first kappa shape index (κ1) is 23.9. The van der Waals surface area contributed by atoms with E-state index in [-0.39, 0.29) is 17.4 Å². The molecule has 0 atom stereocenters. The smallest absolute Gasteiger partial charge is 0.309 e. The fraction of sp³-hybridized carbons (Fsp3) is 0.179. The zero-order valence-electron chi connectivity index (χ0n) is 20.1. The molecule has 0 saturated carbocycles. The molecule has 1 amide bonds. The maximum atomic E-state index is 15.0. The summed E-state index contributed by atoms with van der Waals surface area (Å²) in [6, 6.07) is 19.2. The summed E-state index contributed by atoms with van der Waals surface area (Å²) in [5.74, 6) is -0.881. The van der Waals surface area contributed by atoms with E-state index in [2.05, 4.69) is 5.32 Å². The zero-order valence-corrected chi connectivity index (χ0v) is 20.1. The standard InChI is InChI=1S/C28H26FN3O3/c1-5-25(34)30-21-15-13-20(14-16-21)26-27(22-10-6-7-11-23(22)29)31-32(28(26)35-19(4)33)24-12-8-9-17(2)18(24)3/h6-16H,5H2,1-4H3,(H,30,34). The Kier molecular flexibility index (Phi) is 6.78. The lowest BCUT2D eigenvalue weighted by atomic mass is 10.0. The van der Waals surface area contributed by atoms with Gasteiger partial charge in [0.1, 0.15) is 11.5 Å². The van der Waals surface area contributed by atoms with Crippen molar-refractivity contribution in [2.75, 3.05) is 5.32 Å². The van der Waals surface area contributed by atoms with Crippen molar-refractivity contribution in [2.24, 2.45) is 0 Å². The van der Waals surface area contributed by atoms with Crippen molar-refractivity contribution in [1.29, 1.82) is 0 Å². The Balaban J connectivity index is 2.00. The molecule has 0 unspecified atom stereocenters. The summed E-state index contributed by atoms with van der Waals surface area (Å²) in [5.41, 5.74) is 5.09. The van der Waals surface area contributed by atoms with Crippen LogP contribution in [0.15, 0.2) is 66.7 Å². The van der Waals surface area contributed by atoms with E-state index >= 15 is 0 Å². The van der Waals surface area contributed by atoms with Crippen LogP contribution >= 0.6 is 0 Å². The number of benzene rings is 3. The number of halogens is 1. The molecule has 6 nitrogen and oxygen atoms in total. The van der Waals surface area contributed by atoms with E-state index in [0.29, 0.717) is 28.9 Å². The second-order valence-electron chi connectivity index (χ2n) is 8.21. The topological polar surface area (TPSA) is 73.2 Å². The molecule has 0 bridgehead atoms. The predicted molar refractivity (Wildman–Crippen MR) is 134 cm³/mol. The largest absolute Gasteiger partial charge is 0.407 e. The van der Waals surface area contributed by atoms with E-state index in [9.17, 15) is 14.0 Å². The molecule has 4 rings (SSSR count). The highest BCUT2D eigenvalue weighted by atomic mass is 19.1. The number of aryl methyl sites for hydroxylation is 1. The fourth-order valence-corrected chi connectivity index (χ4v) is 3.83. The van der Waals surface area contributed by atoms with Crippen molar-refractivity contribution in [3.8, 4) is 34.0 Å². The Morgan fingerprint density at radius 1 is 1.00 bits per heavy atom.